The molecular formula is C15H20N2O3. The SMILES string of the molecule is O=C(c1cncc(O)c1)N1CCC[C@@]2(CCC[C@H]2O)C1. The van der Waals surface area contributed by atoms with E-state index in [4.69, 9.17) is 0 Å². The van der Waals surface area contributed by atoms with E-state index in [2.05, 4.69) is 4.98 Å². The summed E-state index contributed by atoms with van der Waals surface area (Å²) in [7, 11) is 0. The zero-order chi connectivity index (χ0) is 14.2. The van der Waals surface area contributed by atoms with Gasteiger partial charge in [-0.2, -0.15) is 0 Å². The minimum Gasteiger partial charge on any atom is -0.506 e. The molecule has 1 amide bonds. The van der Waals surface area contributed by atoms with Crippen molar-refractivity contribution in [2.45, 2.75) is 38.2 Å². The number of piperidine rings is 1. The van der Waals surface area contributed by atoms with E-state index in [9.17, 15) is 15.0 Å². The van der Waals surface area contributed by atoms with E-state index in [1.54, 1.807) is 4.90 Å². The quantitative estimate of drug-likeness (QED) is 0.816. The first kappa shape index (κ1) is 13.4. The molecule has 1 aliphatic carbocycles. The summed E-state index contributed by atoms with van der Waals surface area (Å²) >= 11 is 0. The number of hydrogen-bond acceptors (Lipinski definition) is 4. The molecule has 1 aromatic rings. The van der Waals surface area contributed by atoms with Crippen LogP contribution in [-0.2, 0) is 0 Å². The third kappa shape index (κ3) is 2.26. The number of nitrogens with zero attached hydrogens (tertiary/aromatic N) is 2. The molecule has 1 aromatic heterocycles. The van der Waals surface area contributed by atoms with Crippen molar-refractivity contribution in [3.63, 3.8) is 0 Å². The summed E-state index contributed by atoms with van der Waals surface area (Å²) in [6.45, 7) is 1.33. The van der Waals surface area contributed by atoms with Crippen LogP contribution in [0.4, 0.5) is 0 Å². The summed E-state index contributed by atoms with van der Waals surface area (Å²) in [5.41, 5.74) is 0.299. The molecule has 1 aliphatic heterocycles. The number of likely N-dealkylation sites (tertiary alicyclic amines) is 1. The van der Waals surface area contributed by atoms with Gasteiger partial charge in [-0.05, 0) is 31.7 Å². The van der Waals surface area contributed by atoms with Gasteiger partial charge >= 0.3 is 0 Å². The number of aliphatic hydroxyl groups is 1. The molecule has 5 nitrogen and oxygen atoms in total. The Morgan fingerprint density at radius 2 is 2.15 bits per heavy atom. The second-order valence-electron chi connectivity index (χ2n) is 6.03. The highest BCUT2D eigenvalue weighted by Crippen LogP contribution is 2.45. The van der Waals surface area contributed by atoms with Crippen molar-refractivity contribution in [2.24, 2.45) is 5.41 Å². The molecule has 5 heteroatoms. The van der Waals surface area contributed by atoms with Gasteiger partial charge in [-0.25, -0.2) is 0 Å². The molecule has 20 heavy (non-hydrogen) atoms. The Hall–Kier alpha value is -1.62. The lowest BCUT2D eigenvalue weighted by atomic mass is 9.76. The Kier molecular flexibility index (Phi) is 3.38. The summed E-state index contributed by atoms with van der Waals surface area (Å²) in [4.78, 5) is 18.1. The highest BCUT2D eigenvalue weighted by atomic mass is 16.3. The Morgan fingerprint density at radius 3 is 2.85 bits per heavy atom. The van der Waals surface area contributed by atoms with Crippen LogP contribution >= 0.6 is 0 Å². The van der Waals surface area contributed by atoms with Gasteiger partial charge in [0, 0.05) is 24.7 Å². The van der Waals surface area contributed by atoms with Gasteiger partial charge in [0.2, 0.25) is 0 Å². The molecule has 2 heterocycles. The lowest BCUT2D eigenvalue weighted by Crippen LogP contribution is -2.49. The third-order valence-corrected chi connectivity index (χ3v) is 4.73. The number of aliphatic hydroxyl groups excluding tert-OH is 1. The predicted molar refractivity (Wildman–Crippen MR) is 73.3 cm³/mol. The summed E-state index contributed by atoms with van der Waals surface area (Å²) in [6, 6.07) is 1.45. The van der Waals surface area contributed by atoms with Gasteiger partial charge in [0.25, 0.3) is 5.91 Å². The molecule has 1 spiro atoms. The number of aromatic nitrogens is 1. The smallest absolute Gasteiger partial charge is 0.255 e. The van der Waals surface area contributed by atoms with Crippen molar-refractivity contribution in [1.82, 2.24) is 9.88 Å². The molecule has 0 unspecified atom stereocenters. The minimum atomic E-state index is -0.291. The van der Waals surface area contributed by atoms with Gasteiger partial charge in [-0.3, -0.25) is 9.78 Å². The molecule has 2 atom stereocenters. The number of carbonyl (C=O) groups excluding carboxylic acids is 1. The van der Waals surface area contributed by atoms with Gasteiger partial charge < -0.3 is 15.1 Å². The molecule has 2 N–H and O–H groups in total. The van der Waals surface area contributed by atoms with Crippen LogP contribution in [0.5, 0.6) is 5.75 Å². The maximum absolute atomic E-state index is 12.5. The van der Waals surface area contributed by atoms with Crippen LogP contribution in [0.15, 0.2) is 18.5 Å². The lowest BCUT2D eigenvalue weighted by molar-refractivity contribution is -0.00538. The van der Waals surface area contributed by atoms with Crippen molar-refractivity contribution >= 4 is 5.91 Å². The Labute approximate surface area is 118 Å². The zero-order valence-corrected chi connectivity index (χ0v) is 11.5. The normalized spacial score (nSPS) is 29.9. The van der Waals surface area contributed by atoms with Crippen molar-refractivity contribution in [2.75, 3.05) is 13.1 Å². The Balaban J connectivity index is 1.78. The summed E-state index contributed by atoms with van der Waals surface area (Å²) in [6.07, 6.45) is 7.30. The average Bonchev–Trinajstić information content (AvgIpc) is 2.79. The van der Waals surface area contributed by atoms with Crippen LogP contribution in [0, 0.1) is 5.41 Å². The standard InChI is InChI=1S/C15H20N2O3/c18-12-7-11(8-16-9-12)14(20)17-6-2-5-15(10-17)4-1-3-13(15)19/h7-9,13,18-19H,1-6,10H2/t13-,15+/m1/s1. The molecule has 2 aliphatic rings. The van der Waals surface area contributed by atoms with Crippen LogP contribution in [-0.4, -0.2) is 45.2 Å². The largest absolute Gasteiger partial charge is 0.506 e. The molecule has 3 rings (SSSR count). The van der Waals surface area contributed by atoms with E-state index in [-0.39, 0.29) is 23.2 Å². The molecule has 0 bridgehead atoms. The van der Waals surface area contributed by atoms with Gasteiger partial charge in [0.15, 0.2) is 0 Å². The molecule has 108 valence electrons. The maximum Gasteiger partial charge on any atom is 0.255 e. The zero-order valence-electron chi connectivity index (χ0n) is 11.5. The van der Waals surface area contributed by atoms with Crippen molar-refractivity contribution in [3.8, 4) is 5.75 Å². The monoisotopic (exact) mass is 276 g/mol. The van der Waals surface area contributed by atoms with Gasteiger partial charge in [-0.15, -0.1) is 0 Å². The van der Waals surface area contributed by atoms with Crippen LogP contribution in [0.3, 0.4) is 0 Å². The first-order valence-corrected chi connectivity index (χ1v) is 7.22. The number of hydrogen-bond donors (Lipinski definition) is 2. The van der Waals surface area contributed by atoms with Crippen molar-refractivity contribution in [3.05, 3.63) is 24.0 Å². The molecule has 2 fully saturated rings. The topological polar surface area (TPSA) is 73.7 Å². The van der Waals surface area contributed by atoms with Crippen LogP contribution in [0.2, 0.25) is 0 Å². The number of pyridine rings is 1. The Morgan fingerprint density at radius 1 is 1.35 bits per heavy atom. The molecule has 1 saturated heterocycles. The lowest BCUT2D eigenvalue weighted by Gasteiger charge is -2.42. The van der Waals surface area contributed by atoms with E-state index in [1.165, 1.54) is 18.5 Å². The molecule has 0 radical (unpaired) electrons. The van der Waals surface area contributed by atoms with E-state index < -0.39 is 0 Å². The van der Waals surface area contributed by atoms with Gasteiger partial charge in [-0.1, -0.05) is 6.42 Å². The number of carbonyl (C=O) groups is 1. The first-order chi connectivity index (χ1) is 9.61. The second-order valence-corrected chi connectivity index (χ2v) is 6.03. The number of rotatable bonds is 1. The van der Waals surface area contributed by atoms with Gasteiger partial charge in [0.05, 0.1) is 17.9 Å². The third-order valence-electron chi connectivity index (χ3n) is 4.73. The average molecular weight is 276 g/mol. The predicted octanol–water partition coefficient (Wildman–Crippen LogP) is 1.55. The molecule has 0 aromatic carbocycles. The maximum atomic E-state index is 12.5. The highest BCUT2D eigenvalue weighted by Gasteiger charge is 2.45. The van der Waals surface area contributed by atoms with Crippen LogP contribution < -0.4 is 0 Å². The number of amides is 1. The van der Waals surface area contributed by atoms with Crippen LogP contribution in [0.1, 0.15) is 42.5 Å². The van der Waals surface area contributed by atoms with Crippen LogP contribution in [0.25, 0.3) is 0 Å². The van der Waals surface area contributed by atoms with E-state index in [0.717, 1.165) is 32.1 Å². The van der Waals surface area contributed by atoms with Crippen molar-refractivity contribution in [1.29, 1.82) is 0 Å². The fraction of sp³-hybridized carbons (Fsp3) is 0.600. The first-order valence-electron chi connectivity index (χ1n) is 7.22. The molecular weight excluding hydrogens is 256 g/mol. The summed E-state index contributed by atoms with van der Waals surface area (Å²) < 4.78 is 0. The van der Waals surface area contributed by atoms with Crippen molar-refractivity contribution < 1.29 is 15.0 Å². The summed E-state index contributed by atoms with van der Waals surface area (Å²) in [5.74, 6) is -0.102. The van der Waals surface area contributed by atoms with E-state index in [1.807, 2.05) is 0 Å². The van der Waals surface area contributed by atoms with E-state index in [0.29, 0.717) is 18.7 Å². The summed E-state index contributed by atoms with van der Waals surface area (Å²) in [5, 5.41) is 19.7. The molecule has 1 saturated carbocycles. The highest BCUT2D eigenvalue weighted by molar-refractivity contribution is 5.94. The Bertz CT molecular complexity index is 520. The van der Waals surface area contributed by atoms with E-state index >= 15 is 0 Å². The minimum absolute atomic E-state index is 0.00322. The fourth-order valence-corrected chi connectivity index (χ4v) is 3.66. The number of aromatic hydroxyl groups is 1. The van der Waals surface area contributed by atoms with Gasteiger partial charge in [0.1, 0.15) is 5.75 Å². The second kappa shape index (κ2) is 5.05. The fourth-order valence-electron chi connectivity index (χ4n) is 3.66.